The summed E-state index contributed by atoms with van der Waals surface area (Å²) in [4.78, 5) is 10.6. The van der Waals surface area contributed by atoms with Crippen LogP contribution < -0.4 is 5.73 Å². The van der Waals surface area contributed by atoms with Crippen LogP contribution in [0.25, 0.3) is 6.08 Å². The summed E-state index contributed by atoms with van der Waals surface area (Å²) in [5, 5.41) is 0.110. The first-order chi connectivity index (χ1) is 7.59. The fraction of sp³-hybridized carbons (Fsp3) is 0.250. The number of halogens is 1. The molecule has 0 amide bonds. The molecule has 0 fully saturated rings. The van der Waals surface area contributed by atoms with E-state index in [0.717, 1.165) is 12.2 Å². The largest absolute Gasteiger partial charge is 0.398 e. The summed E-state index contributed by atoms with van der Waals surface area (Å²) in [6.07, 6.45) is 4.43. The molecule has 0 atom stereocenters. The Bertz CT molecular complexity index is 404. The lowest BCUT2D eigenvalue weighted by Gasteiger charge is -1.99. The SMILES string of the molecule is CC(=O)SCCC=Cc1cc(F)ccc1N. The number of carbonyl (C=O) groups is 1. The number of allylic oxidation sites excluding steroid dienone is 1. The lowest BCUT2D eigenvalue weighted by atomic mass is 10.1. The summed E-state index contributed by atoms with van der Waals surface area (Å²) in [6.45, 7) is 1.54. The van der Waals surface area contributed by atoms with E-state index in [1.807, 2.05) is 6.08 Å². The van der Waals surface area contributed by atoms with Crippen LogP contribution in [-0.4, -0.2) is 10.9 Å². The number of thioether (sulfide) groups is 1. The standard InChI is InChI=1S/C12H14FNOS/c1-9(15)16-7-3-2-4-10-8-11(13)5-6-12(10)14/h2,4-6,8H,3,7,14H2,1H3. The van der Waals surface area contributed by atoms with E-state index < -0.39 is 0 Å². The normalized spacial score (nSPS) is 10.9. The second kappa shape index (κ2) is 6.33. The molecule has 0 aromatic heterocycles. The van der Waals surface area contributed by atoms with Crippen molar-refractivity contribution in [2.45, 2.75) is 13.3 Å². The second-order valence-electron chi connectivity index (χ2n) is 3.30. The number of hydrogen-bond acceptors (Lipinski definition) is 3. The van der Waals surface area contributed by atoms with Crippen LogP contribution in [0, 0.1) is 5.82 Å². The minimum absolute atomic E-state index is 0.110. The molecule has 0 saturated heterocycles. The number of anilines is 1. The van der Waals surface area contributed by atoms with Gasteiger partial charge in [0, 0.05) is 18.4 Å². The molecule has 0 saturated carbocycles. The van der Waals surface area contributed by atoms with E-state index in [2.05, 4.69) is 0 Å². The molecule has 0 aliphatic carbocycles. The molecule has 4 heteroatoms. The Hall–Kier alpha value is -1.29. The van der Waals surface area contributed by atoms with Crippen molar-refractivity contribution in [2.24, 2.45) is 0 Å². The highest BCUT2D eigenvalue weighted by atomic mass is 32.2. The topological polar surface area (TPSA) is 43.1 Å². The highest BCUT2D eigenvalue weighted by Crippen LogP contribution is 2.15. The molecular formula is C12H14FNOS. The third kappa shape index (κ3) is 4.49. The van der Waals surface area contributed by atoms with Gasteiger partial charge in [0.25, 0.3) is 0 Å². The number of nitrogen functional groups attached to an aromatic ring is 1. The molecule has 0 heterocycles. The van der Waals surface area contributed by atoms with Crippen LogP contribution >= 0.6 is 11.8 Å². The van der Waals surface area contributed by atoms with Gasteiger partial charge < -0.3 is 5.73 Å². The number of hydrogen-bond donors (Lipinski definition) is 1. The van der Waals surface area contributed by atoms with Gasteiger partial charge in [-0.2, -0.15) is 0 Å². The van der Waals surface area contributed by atoms with Gasteiger partial charge in [0.2, 0.25) is 0 Å². The Morgan fingerprint density at radius 1 is 1.56 bits per heavy atom. The third-order valence-corrected chi connectivity index (χ3v) is 2.78. The molecule has 16 heavy (non-hydrogen) atoms. The van der Waals surface area contributed by atoms with Gasteiger partial charge in [0.1, 0.15) is 5.82 Å². The van der Waals surface area contributed by atoms with Gasteiger partial charge in [-0.1, -0.05) is 23.9 Å². The first-order valence-electron chi connectivity index (χ1n) is 4.94. The zero-order valence-electron chi connectivity index (χ0n) is 9.07. The summed E-state index contributed by atoms with van der Waals surface area (Å²) < 4.78 is 12.9. The Kier molecular flexibility index (Phi) is 5.05. The van der Waals surface area contributed by atoms with Gasteiger partial charge in [0.05, 0.1) is 0 Å². The van der Waals surface area contributed by atoms with E-state index in [0.29, 0.717) is 11.3 Å². The van der Waals surface area contributed by atoms with Crippen molar-refractivity contribution in [3.8, 4) is 0 Å². The molecule has 86 valence electrons. The maximum absolute atomic E-state index is 12.9. The Balaban J connectivity index is 2.49. The maximum Gasteiger partial charge on any atom is 0.185 e. The van der Waals surface area contributed by atoms with Crippen LogP contribution in [0.3, 0.4) is 0 Å². The van der Waals surface area contributed by atoms with Gasteiger partial charge in [-0.15, -0.1) is 0 Å². The van der Waals surface area contributed by atoms with E-state index in [9.17, 15) is 9.18 Å². The summed E-state index contributed by atoms with van der Waals surface area (Å²) in [5.41, 5.74) is 6.90. The monoisotopic (exact) mass is 239 g/mol. The fourth-order valence-corrected chi connectivity index (χ4v) is 1.71. The third-order valence-electron chi connectivity index (χ3n) is 1.94. The van der Waals surface area contributed by atoms with Crippen LogP contribution in [-0.2, 0) is 4.79 Å². The lowest BCUT2D eigenvalue weighted by molar-refractivity contribution is -0.109. The van der Waals surface area contributed by atoms with Gasteiger partial charge in [-0.25, -0.2) is 4.39 Å². The summed E-state index contributed by atoms with van der Waals surface area (Å²) >= 11 is 1.28. The predicted molar refractivity (Wildman–Crippen MR) is 67.6 cm³/mol. The van der Waals surface area contributed by atoms with Crippen molar-refractivity contribution in [3.63, 3.8) is 0 Å². The molecule has 1 aromatic rings. The quantitative estimate of drug-likeness (QED) is 0.648. The zero-order valence-corrected chi connectivity index (χ0v) is 9.89. The van der Waals surface area contributed by atoms with Gasteiger partial charge in [-0.05, 0) is 30.2 Å². The molecule has 0 aliphatic heterocycles. The molecule has 0 radical (unpaired) electrons. The van der Waals surface area contributed by atoms with Crippen molar-refractivity contribution in [1.29, 1.82) is 0 Å². The lowest BCUT2D eigenvalue weighted by Crippen LogP contribution is -1.90. The van der Waals surface area contributed by atoms with Crippen LogP contribution in [0.5, 0.6) is 0 Å². The van der Waals surface area contributed by atoms with Crippen LogP contribution in [0.15, 0.2) is 24.3 Å². The van der Waals surface area contributed by atoms with Crippen molar-refractivity contribution in [2.75, 3.05) is 11.5 Å². The Morgan fingerprint density at radius 3 is 3.00 bits per heavy atom. The van der Waals surface area contributed by atoms with Crippen molar-refractivity contribution in [3.05, 3.63) is 35.7 Å². The molecule has 1 rings (SSSR count). The highest BCUT2D eigenvalue weighted by molar-refractivity contribution is 8.13. The molecule has 0 aliphatic rings. The number of carbonyl (C=O) groups excluding carboxylic acids is 1. The average Bonchev–Trinajstić information content (AvgIpc) is 2.22. The van der Waals surface area contributed by atoms with Gasteiger partial charge in [-0.3, -0.25) is 4.79 Å². The van der Waals surface area contributed by atoms with Crippen LogP contribution in [0.4, 0.5) is 10.1 Å². The smallest absolute Gasteiger partial charge is 0.185 e. The minimum atomic E-state index is -0.299. The number of rotatable bonds is 4. The fourth-order valence-electron chi connectivity index (χ4n) is 1.17. The van der Waals surface area contributed by atoms with Crippen molar-refractivity contribution in [1.82, 2.24) is 0 Å². The van der Waals surface area contributed by atoms with Crippen LogP contribution in [0.2, 0.25) is 0 Å². The maximum atomic E-state index is 12.9. The van der Waals surface area contributed by atoms with E-state index in [1.165, 1.54) is 23.9 Å². The molecule has 1 aromatic carbocycles. The molecule has 0 unspecified atom stereocenters. The summed E-state index contributed by atoms with van der Waals surface area (Å²) in [7, 11) is 0. The molecule has 0 spiro atoms. The van der Waals surface area contributed by atoms with E-state index in [4.69, 9.17) is 5.73 Å². The second-order valence-corrected chi connectivity index (χ2v) is 4.58. The first kappa shape index (κ1) is 12.8. The molecule has 2 N–H and O–H groups in total. The van der Waals surface area contributed by atoms with Crippen LogP contribution in [0.1, 0.15) is 18.9 Å². The van der Waals surface area contributed by atoms with E-state index in [-0.39, 0.29) is 10.9 Å². The molecular weight excluding hydrogens is 225 g/mol. The number of benzene rings is 1. The Morgan fingerprint density at radius 2 is 2.31 bits per heavy atom. The van der Waals surface area contributed by atoms with Crippen molar-refractivity contribution >= 4 is 28.6 Å². The minimum Gasteiger partial charge on any atom is -0.398 e. The van der Waals surface area contributed by atoms with E-state index in [1.54, 1.807) is 19.1 Å². The summed E-state index contributed by atoms with van der Waals surface area (Å²) in [5.74, 6) is 0.438. The average molecular weight is 239 g/mol. The Labute approximate surface area is 98.7 Å². The first-order valence-corrected chi connectivity index (χ1v) is 5.93. The molecule has 2 nitrogen and oxygen atoms in total. The highest BCUT2D eigenvalue weighted by Gasteiger charge is 1.97. The van der Waals surface area contributed by atoms with E-state index >= 15 is 0 Å². The predicted octanol–water partition coefficient (Wildman–Crippen LogP) is 3.09. The number of nitrogens with two attached hydrogens (primary N) is 1. The van der Waals surface area contributed by atoms with Gasteiger partial charge in [0.15, 0.2) is 5.12 Å². The van der Waals surface area contributed by atoms with Gasteiger partial charge >= 0.3 is 0 Å². The summed E-state index contributed by atoms with van der Waals surface area (Å²) in [6, 6.07) is 4.27. The molecule has 0 bridgehead atoms. The zero-order chi connectivity index (χ0) is 12.0. The van der Waals surface area contributed by atoms with Crippen molar-refractivity contribution < 1.29 is 9.18 Å².